The third kappa shape index (κ3) is 6.45. The van der Waals surface area contributed by atoms with Crippen molar-refractivity contribution in [3.8, 4) is 0 Å². The largest absolute Gasteiger partial charge is 0.371 e. The second kappa shape index (κ2) is 11.4. The molecule has 3 aromatic rings. The molecule has 0 saturated carbocycles. The summed E-state index contributed by atoms with van der Waals surface area (Å²) in [6.45, 7) is 4.10. The van der Waals surface area contributed by atoms with Crippen LogP contribution < -0.4 is 14.5 Å². The van der Waals surface area contributed by atoms with Gasteiger partial charge < -0.3 is 10.2 Å². The number of benzene rings is 3. The molecule has 10 heteroatoms. The van der Waals surface area contributed by atoms with Gasteiger partial charge in [0.15, 0.2) is 0 Å². The number of nitro benzene ring substituents is 1. The van der Waals surface area contributed by atoms with Crippen LogP contribution in [0.2, 0.25) is 0 Å². The summed E-state index contributed by atoms with van der Waals surface area (Å²) in [6.07, 6.45) is 2.42. The number of anilines is 2. The highest BCUT2D eigenvalue weighted by Gasteiger charge is 2.27. The number of carbonyl (C=O) groups is 1. The van der Waals surface area contributed by atoms with Gasteiger partial charge in [-0.05, 0) is 60.7 Å². The smallest absolute Gasteiger partial charge is 0.269 e. The molecule has 3 aromatic carbocycles. The van der Waals surface area contributed by atoms with Crippen molar-refractivity contribution in [2.24, 2.45) is 5.92 Å². The van der Waals surface area contributed by atoms with Crippen molar-refractivity contribution in [2.45, 2.75) is 31.2 Å². The van der Waals surface area contributed by atoms with Crippen molar-refractivity contribution in [3.05, 3.63) is 94.5 Å². The topological polar surface area (TPSA) is 113 Å². The Bertz CT molecular complexity index is 1330. The number of nitrogens with one attached hydrogen (secondary N) is 1. The Labute approximate surface area is 216 Å². The molecule has 194 valence electrons. The van der Waals surface area contributed by atoms with Gasteiger partial charge in [-0.2, -0.15) is 0 Å². The van der Waals surface area contributed by atoms with Gasteiger partial charge in [0.1, 0.15) is 6.54 Å². The molecule has 4 rings (SSSR count). The average Bonchev–Trinajstić information content (AvgIpc) is 2.91. The number of non-ortho nitro benzene ring substituents is 1. The zero-order valence-corrected chi connectivity index (χ0v) is 21.4. The number of piperidine rings is 1. The number of carbonyl (C=O) groups excluding carboxylic acids is 1. The predicted molar refractivity (Wildman–Crippen MR) is 143 cm³/mol. The van der Waals surface area contributed by atoms with E-state index >= 15 is 0 Å². The van der Waals surface area contributed by atoms with Crippen molar-refractivity contribution in [1.82, 2.24) is 5.32 Å². The highest BCUT2D eigenvalue weighted by atomic mass is 32.2. The fourth-order valence-electron chi connectivity index (χ4n) is 4.41. The van der Waals surface area contributed by atoms with Crippen LogP contribution in [0.5, 0.6) is 0 Å². The van der Waals surface area contributed by atoms with Gasteiger partial charge in [-0.25, -0.2) is 8.42 Å². The molecule has 0 radical (unpaired) electrons. The van der Waals surface area contributed by atoms with E-state index in [1.165, 1.54) is 49.2 Å². The van der Waals surface area contributed by atoms with E-state index in [-0.39, 0.29) is 22.8 Å². The Morgan fingerprint density at radius 2 is 1.73 bits per heavy atom. The van der Waals surface area contributed by atoms with Crippen LogP contribution in [0.4, 0.5) is 17.1 Å². The van der Waals surface area contributed by atoms with Crippen LogP contribution in [0.15, 0.2) is 83.8 Å². The van der Waals surface area contributed by atoms with Crippen LogP contribution in [-0.4, -0.2) is 38.9 Å². The van der Waals surface area contributed by atoms with Crippen LogP contribution in [-0.2, 0) is 21.4 Å². The van der Waals surface area contributed by atoms with E-state index in [0.29, 0.717) is 5.92 Å². The zero-order chi connectivity index (χ0) is 26.4. The molecule has 0 aliphatic carbocycles. The first kappa shape index (κ1) is 26.2. The molecule has 0 bridgehead atoms. The number of hydrogen-bond donors (Lipinski definition) is 1. The van der Waals surface area contributed by atoms with Crippen molar-refractivity contribution in [1.29, 1.82) is 0 Å². The van der Waals surface area contributed by atoms with E-state index in [9.17, 15) is 23.3 Å². The third-order valence-corrected chi connectivity index (χ3v) is 8.20. The molecular weight excluding hydrogens is 492 g/mol. The van der Waals surface area contributed by atoms with Crippen LogP contribution in [0.25, 0.3) is 0 Å². The maximum atomic E-state index is 13.4. The molecule has 0 aromatic heterocycles. The first-order valence-electron chi connectivity index (χ1n) is 12.2. The van der Waals surface area contributed by atoms with Gasteiger partial charge in [-0.3, -0.25) is 19.2 Å². The summed E-state index contributed by atoms with van der Waals surface area (Å²) in [5.41, 5.74) is 2.03. The summed E-state index contributed by atoms with van der Waals surface area (Å²) >= 11 is 0. The summed E-state index contributed by atoms with van der Waals surface area (Å²) in [7, 11) is -4.09. The van der Waals surface area contributed by atoms with Crippen LogP contribution in [0, 0.1) is 16.0 Å². The molecule has 9 nitrogen and oxygen atoms in total. The van der Waals surface area contributed by atoms with E-state index < -0.39 is 27.4 Å². The average molecular weight is 523 g/mol. The van der Waals surface area contributed by atoms with E-state index in [2.05, 4.69) is 17.1 Å². The van der Waals surface area contributed by atoms with E-state index in [1.807, 2.05) is 24.3 Å². The van der Waals surface area contributed by atoms with Crippen molar-refractivity contribution < 1.29 is 18.1 Å². The lowest BCUT2D eigenvalue weighted by Crippen LogP contribution is -2.40. The monoisotopic (exact) mass is 522 g/mol. The molecule has 1 fully saturated rings. The van der Waals surface area contributed by atoms with Crippen molar-refractivity contribution in [2.75, 3.05) is 28.8 Å². The van der Waals surface area contributed by atoms with E-state index in [4.69, 9.17) is 0 Å². The fourth-order valence-corrected chi connectivity index (χ4v) is 5.85. The lowest BCUT2D eigenvalue weighted by atomic mass is 9.99. The maximum Gasteiger partial charge on any atom is 0.269 e. The van der Waals surface area contributed by atoms with E-state index in [1.54, 1.807) is 18.2 Å². The summed E-state index contributed by atoms with van der Waals surface area (Å²) in [4.78, 5) is 25.7. The predicted octanol–water partition coefficient (Wildman–Crippen LogP) is 4.34. The molecule has 1 heterocycles. The second-order valence-corrected chi connectivity index (χ2v) is 11.1. The Hall–Kier alpha value is -3.92. The molecule has 1 unspecified atom stereocenters. The number of nitrogens with zero attached hydrogens (tertiary/aromatic N) is 3. The van der Waals surface area contributed by atoms with Gasteiger partial charge >= 0.3 is 0 Å². The van der Waals surface area contributed by atoms with Crippen LogP contribution in [0.3, 0.4) is 0 Å². The normalized spacial score (nSPS) is 15.7. The minimum atomic E-state index is -4.09. The first-order chi connectivity index (χ1) is 17.7. The summed E-state index contributed by atoms with van der Waals surface area (Å²) in [6, 6.07) is 20.9. The Morgan fingerprint density at radius 1 is 1.05 bits per heavy atom. The first-order valence-corrected chi connectivity index (χ1v) is 13.6. The summed E-state index contributed by atoms with van der Waals surface area (Å²) < 4.78 is 27.7. The van der Waals surface area contributed by atoms with Crippen molar-refractivity contribution >= 4 is 33.0 Å². The Kier molecular flexibility index (Phi) is 8.08. The van der Waals surface area contributed by atoms with Crippen LogP contribution >= 0.6 is 0 Å². The third-order valence-electron chi connectivity index (χ3n) is 6.42. The van der Waals surface area contributed by atoms with Gasteiger partial charge in [-0.15, -0.1) is 0 Å². The Morgan fingerprint density at radius 3 is 2.35 bits per heavy atom. The Balaban J connectivity index is 1.46. The number of nitro groups is 1. The van der Waals surface area contributed by atoms with Gasteiger partial charge in [0, 0.05) is 37.5 Å². The van der Waals surface area contributed by atoms with Gasteiger partial charge in [-0.1, -0.05) is 37.3 Å². The standard InChI is InChI=1S/C27H30N4O5S/c1-21-6-5-17-29(19-21)23-11-9-22(10-12-23)18-28-27(32)20-30(24-13-15-25(16-14-24)31(33)34)37(35,36)26-7-3-2-4-8-26/h2-4,7-16,21H,5-6,17-20H2,1H3,(H,28,32). The quantitative estimate of drug-likeness (QED) is 0.330. The zero-order valence-electron chi connectivity index (χ0n) is 20.6. The molecular formula is C27H30N4O5S. The van der Waals surface area contributed by atoms with Gasteiger partial charge in [0.05, 0.1) is 15.5 Å². The highest BCUT2D eigenvalue weighted by molar-refractivity contribution is 7.92. The molecule has 0 spiro atoms. The van der Waals surface area contributed by atoms with Gasteiger partial charge in [0.2, 0.25) is 5.91 Å². The number of amides is 1. The van der Waals surface area contributed by atoms with Gasteiger partial charge in [0.25, 0.3) is 15.7 Å². The minimum Gasteiger partial charge on any atom is -0.371 e. The maximum absolute atomic E-state index is 13.4. The SMILES string of the molecule is CC1CCCN(c2ccc(CNC(=O)CN(c3ccc([N+](=O)[O-])cc3)S(=O)(=O)c3ccccc3)cc2)C1. The molecule has 1 saturated heterocycles. The number of sulfonamides is 1. The molecule has 1 atom stereocenters. The molecule has 1 aliphatic rings. The minimum absolute atomic E-state index is 0.0174. The molecule has 1 amide bonds. The second-order valence-electron chi connectivity index (χ2n) is 9.23. The highest BCUT2D eigenvalue weighted by Crippen LogP contribution is 2.26. The molecule has 37 heavy (non-hydrogen) atoms. The van der Waals surface area contributed by atoms with E-state index in [0.717, 1.165) is 28.6 Å². The number of rotatable bonds is 9. The molecule has 1 N–H and O–H groups in total. The fraction of sp³-hybridized carbons (Fsp3) is 0.296. The lowest BCUT2D eigenvalue weighted by molar-refractivity contribution is -0.384. The lowest BCUT2D eigenvalue weighted by Gasteiger charge is -2.32. The van der Waals surface area contributed by atoms with Crippen molar-refractivity contribution in [3.63, 3.8) is 0 Å². The molecule has 1 aliphatic heterocycles. The van der Waals surface area contributed by atoms with Crippen LogP contribution in [0.1, 0.15) is 25.3 Å². The summed E-state index contributed by atoms with van der Waals surface area (Å²) in [5, 5.41) is 13.8. The summed E-state index contributed by atoms with van der Waals surface area (Å²) in [5.74, 6) is 0.172. The number of hydrogen-bond acceptors (Lipinski definition) is 6.